The highest BCUT2D eigenvalue weighted by Gasteiger charge is 2.40. The lowest BCUT2D eigenvalue weighted by molar-refractivity contribution is 0.420. The van der Waals surface area contributed by atoms with Gasteiger partial charge in [-0.1, -0.05) is 6.07 Å². The van der Waals surface area contributed by atoms with Gasteiger partial charge < -0.3 is 10.2 Å². The first kappa shape index (κ1) is 12.6. The summed E-state index contributed by atoms with van der Waals surface area (Å²) in [6.45, 7) is 3.08. The van der Waals surface area contributed by atoms with Gasteiger partial charge in [-0.3, -0.25) is 0 Å². The van der Waals surface area contributed by atoms with Crippen LogP contribution in [0.3, 0.4) is 0 Å². The van der Waals surface area contributed by atoms with Gasteiger partial charge in [-0.25, -0.2) is 4.39 Å². The van der Waals surface area contributed by atoms with Gasteiger partial charge in [0.25, 0.3) is 0 Å². The summed E-state index contributed by atoms with van der Waals surface area (Å²) < 4.78 is 13.4. The first-order valence-corrected chi connectivity index (χ1v) is 8.08. The molecule has 0 amide bonds. The predicted octanol–water partition coefficient (Wildman–Crippen LogP) is 2.97. The van der Waals surface area contributed by atoms with E-state index in [2.05, 4.69) is 10.2 Å². The SMILES string of the molecule is Fc1ccc2c(c1)N(CCNC(C1CC1)C1CC1)CC2. The van der Waals surface area contributed by atoms with Gasteiger partial charge in [0.1, 0.15) is 5.82 Å². The molecule has 0 saturated heterocycles. The number of nitrogens with one attached hydrogen (secondary N) is 1. The molecule has 0 bridgehead atoms. The summed E-state index contributed by atoms with van der Waals surface area (Å²) in [5, 5.41) is 3.78. The van der Waals surface area contributed by atoms with Crippen molar-refractivity contribution in [2.24, 2.45) is 11.8 Å². The van der Waals surface area contributed by atoms with Crippen LogP contribution in [0.25, 0.3) is 0 Å². The van der Waals surface area contributed by atoms with Crippen molar-refractivity contribution in [2.75, 3.05) is 24.5 Å². The van der Waals surface area contributed by atoms with Crippen LogP contribution in [0.2, 0.25) is 0 Å². The average molecular weight is 274 g/mol. The van der Waals surface area contributed by atoms with E-state index in [1.165, 1.54) is 31.2 Å². The summed E-state index contributed by atoms with van der Waals surface area (Å²) in [7, 11) is 0. The smallest absolute Gasteiger partial charge is 0.125 e. The molecule has 1 N–H and O–H groups in total. The summed E-state index contributed by atoms with van der Waals surface area (Å²) in [5.74, 6) is 1.79. The first-order valence-electron chi connectivity index (χ1n) is 8.08. The van der Waals surface area contributed by atoms with Gasteiger partial charge in [-0.15, -0.1) is 0 Å². The van der Waals surface area contributed by atoms with Crippen molar-refractivity contribution in [1.82, 2.24) is 5.32 Å². The van der Waals surface area contributed by atoms with Crippen LogP contribution in [0.15, 0.2) is 18.2 Å². The average Bonchev–Trinajstić information content (AvgIpc) is 3.34. The lowest BCUT2D eigenvalue weighted by Crippen LogP contribution is -2.39. The van der Waals surface area contributed by atoms with Crippen LogP contribution in [-0.4, -0.2) is 25.7 Å². The zero-order valence-corrected chi connectivity index (χ0v) is 11.9. The van der Waals surface area contributed by atoms with Crippen molar-refractivity contribution in [3.05, 3.63) is 29.6 Å². The van der Waals surface area contributed by atoms with E-state index in [1.807, 2.05) is 6.07 Å². The number of hydrogen-bond acceptors (Lipinski definition) is 2. The van der Waals surface area contributed by atoms with E-state index < -0.39 is 0 Å². The van der Waals surface area contributed by atoms with Crippen LogP contribution in [0, 0.1) is 17.7 Å². The number of hydrogen-bond donors (Lipinski definition) is 1. The summed E-state index contributed by atoms with van der Waals surface area (Å²) in [6.07, 6.45) is 6.75. The monoisotopic (exact) mass is 274 g/mol. The van der Waals surface area contributed by atoms with Gasteiger partial charge in [0.05, 0.1) is 0 Å². The Balaban J connectivity index is 1.33. The summed E-state index contributed by atoms with van der Waals surface area (Å²) in [6, 6.07) is 5.98. The Kier molecular flexibility index (Phi) is 3.18. The van der Waals surface area contributed by atoms with Crippen molar-refractivity contribution in [2.45, 2.75) is 38.1 Å². The number of fused-ring (bicyclic) bond motifs is 1. The fourth-order valence-corrected chi connectivity index (χ4v) is 3.65. The second kappa shape index (κ2) is 5.03. The van der Waals surface area contributed by atoms with E-state index in [-0.39, 0.29) is 5.82 Å². The number of rotatable bonds is 6. The third-order valence-electron chi connectivity index (χ3n) is 5.06. The Morgan fingerprint density at radius 3 is 2.65 bits per heavy atom. The van der Waals surface area contributed by atoms with Gasteiger partial charge in [0.2, 0.25) is 0 Å². The van der Waals surface area contributed by atoms with Gasteiger partial charge in [-0.05, 0) is 61.6 Å². The molecule has 2 saturated carbocycles. The van der Waals surface area contributed by atoms with E-state index in [0.717, 1.165) is 49.6 Å². The second-order valence-electron chi connectivity index (χ2n) is 6.66. The van der Waals surface area contributed by atoms with E-state index >= 15 is 0 Å². The Hall–Kier alpha value is -1.09. The molecule has 0 spiro atoms. The van der Waals surface area contributed by atoms with Gasteiger partial charge in [0.15, 0.2) is 0 Å². The molecule has 2 aliphatic carbocycles. The lowest BCUT2D eigenvalue weighted by atomic mass is 10.1. The molecule has 0 aromatic heterocycles. The molecule has 1 heterocycles. The van der Waals surface area contributed by atoms with Crippen LogP contribution >= 0.6 is 0 Å². The summed E-state index contributed by atoms with van der Waals surface area (Å²) in [5.41, 5.74) is 2.41. The van der Waals surface area contributed by atoms with E-state index in [0.29, 0.717) is 0 Å². The molecular weight excluding hydrogens is 251 g/mol. The van der Waals surface area contributed by atoms with Crippen LogP contribution < -0.4 is 10.2 Å². The zero-order valence-electron chi connectivity index (χ0n) is 11.9. The van der Waals surface area contributed by atoms with Crippen molar-refractivity contribution in [1.29, 1.82) is 0 Å². The molecular formula is C17H23FN2. The van der Waals surface area contributed by atoms with Gasteiger partial charge in [-0.2, -0.15) is 0 Å². The van der Waals surface area contributed by atoms with Crippen LogP contribution in [0.5, 0.6) is 0 Å². The summed E-state index contributed by atoms with van der Waals surface area (Å²) in [4.78, 5) is 2.34. The van der Waals surface area contributed by atoms with Crippen molar-refractivity contribution < 1.29 is 4.39 Å². The molecule has 0 atom stereocenters. The molecule has 3 heteroatoms. The standard InChI is InChI=1S/C17H23FN2/c18-15-6-5-12-7-9-20(16(12)11-15)10-8-19-17(13-1-2-13)14-3-4-14/h5-6,11,13-14,17,19H,1-4,7-10H2. The molecule has 1 aromatic carbocycles. The number of anilines is 1. The maximum Gasteiger partial charge on any atom is 0.125 e. The number of benzene rings is 1. The molecule has 2 fully saturated rings. The van der Waals surface area contributed by atoms with Crippen molar-refractivity contribution in [3.63, 3.8) is 0 Å². The van der Waals surface area contributed by atoms with Crippen molar-refractivity contribution in [3.8, 4) is 0 Å². The minimum absolute atomic E-state index is 0.113. The Morgan fingerprint density at radius 2 is 1.95 bits per heavy atom. The highest BCUT2D eigenvalue weighted by atomic mass is 19.1. The molecule has 1 aromatic rings. The quantitative estimate of drug-likeness (QED) is 0.858. The molecule has 0 radical (unpaired) electrons. The number of nitrogens with zero attached hydrogens (tertiary/aromatic N) is 1. The number of halogens is 1. The highest BCUT2D eigenvalue weighted by Crippen LogP contribution is 2.44. The fraction of sp³-hybridized carbons (Fsp3) is 0.647. The minimum atomic E-state index is -0.113. The molecule has 1 aliphatic heterocycles. The predicted molar refractivity (Wildman–Crippen MR) is 79.6 cm³/mol. The zero-order chi connectivity index (χ0) is 13.5. The van der Waals surface area contributed by atoms with Crippen LogP contribution in [0.1, 0.15) is 31.2 Å². The molecule has 4 rings (SSSR count). The maximum absolute atomic E-state index is 13.4. The third kappa shape index (κ3) is 2.56. The topological polar surface area (TPSA) is 15.3 Å². The molecule has 108 valence electrons. The van der Waals surface area contributed by atoms with Crippen LogP contribution in [0.4, 0.5) is 10.1 Å². The van der Waals surface area contributed by atoms with Crippen LogP contribution in [-0.2, 0) is 6.42 Å². The maximum atomic E-state index is 13.4. The lowest BCUT2D eigenvalue weighted by Gasteiger charge is -2.23. The third-order valence-corrected chi connectivity index (χ3v) is 5.06. The molecule has 3 aliphatic rings. The van der Waals surface area contributed by atoms with E-state index in [1.54, 1.807) is 12.1 Å². The fourth-order valence-electron chi connectivity index (χ4n) is 3.65. The highest BCUT2D eigenvalue weighted by molar-refractivity contribution is 5.58. The minimum Gasteiger partial charge on any atom is -0.370 e. The Morgan fingerprint density at radius 1 is 1.20 bits per heavy atom. The molecule has 0 unspecified atom stereocenters. The Labute approximate surface area is 120 Å². The van der Waals surface area contributed by atoms with Gasteiger partial charge >= 0.3 is 0 Å². The first-order chi connectivity index (χ1) is 9.81. The molecule has 20 heavy (non-hydrogen) atoms. The van der Waals surface area contributed by atoms with Crippen molar-refractivity contribution >= 4 is 5.69 Å². The largest absolute Gasteiger partial charge is 0.370 e. The second-order valence-corrected chi connectivity index (χ2v) is 6.66. The normalized spacial score (nSPS) is 21.6. The van der Waals surface area contributed by atoms with E-state index in [9.17, 15) is 4.39 Å². The Bertz CT molecular complexity index is 482. The molecule has 2 nitrogen and oxygen atoms in total. The van der Waals surface area contributed by atoms with Gasteiger partial charge in [0, 0.05) is 31.4 Å². The van der Waals surface area contributed by atoms with E-state index in [4.69, 9.17) is 0 Å². The summed E-state index contributed by atoms with van der Waals surface area (Å²) >= 11 is 0.